The van der Waals surface area contributed by atoms with E-state index >= 15 is 0 Å². The standard InChI is InChI=1S/C14H21FN2O/c15-12-8-11(17)4-5-13(12)18-10-14(9-16)6-2-1-3-7-14/h4-5,8H,1-3,6-7,9-10,16-17H2. The number of halogens is 1. The second-order valence-electron chi connectivity index (χ2n) is 5.24. The monoisotopic (exact) mass is 252 g/mol. The molecule has 0 saturated heterocycles. The molecule has 1 fully saturated rings. The molecule has 4 N–H and O–H groups in total. The first kappa shape index (κ1) is 13.1. The topological polar surface area (TPSA) is 61.3 Å². The molecule has 1 aromatic rings. The molecular formula is C14H21FN2O. The fourth-order valence-corrected chi connectivity index (χ4v) is 2.57. The normalized spacial score (nSPS) is 18.6. The summed E-state index contributed by atoms with van der Waals surface area (Å²) in [6, 6.07) is 4.51. The lowest BCUT2D eigenvalue weighted by atomic mass is 9.75. The van der Waals surface area contributed by atoms with Gasteiger partial charge in [0.15, 0.2) is 11.6 Å². The lowest BCUT2D eigenvalue weighted by molar-refractivity contribution is 0.102. The third-order valence-electron chi connectivity index (χ3n) is 3.84. The third-order valence-corrected chi connectivity index (χ3v) is 3.84. The van der Waals surface area contributed by atoms with Crippen molar-refractivity contribution >= 4 is 5.69 Å². The van der Waals surface area contributed by atoms with E-state index in [1.54, 1.807) is 12.1 Å². The number of benzene rings is 1. The SMILES string of the molecule is NCC1(COc2ccc(N)cc2F)CCCCC1. The minimum atomic E-state index is -0.405. The molecule has 0 heterocycles. The van der Waals surface area contributed by atoms with E-state index in [0.717, 1.165) is 12.8 Å². The molecule has 18 heavy (non-hydrogen) atoms. The van der Waals surface area contributed by atoms with E-state index in [2.05, 4.69) is 0 Å². The van der Waals surface area contributed by atoms with Gasteiger partial charge in [-0.2, -0.15) is 0 Å². The predicted octanol–water partition coefficient (Wildman–Crippen LogP) is 2.70. The van der Waals surface area contributed by atoms with E-state index in [0.29, 0.717) is 18.8 Å². The Morgan fingerprint density at radius 1 is 1.22 bits per heavy atom. The maximum absolute atomic E-state index is 13.6. The van der Waals surface area contributed by atoms with Crippen LogP contribution in [0.1, 0.15) is 32.1 Å². The zero-order chi connectivity index (χ0) is 13.0. The fraction of sp³-hybridized carbons (Fsp3) is 0.571. The van der Waals surface area contributed by atoms with Crippen molar-refractivity contribution in [3.63, 3.8) is 0 Å². The number of nitrogen functional groups attached to an aromatic ring is 1. The third kappa shape index (κ3) is 2.93. The van der Waals surface area contributed by atoms with Crippen LogP contribution in [0.2, 0.25) is 0 Å². The molecule has 100 valence electrons. The number of hydrogen-bond acceptors (Lipinski definition) is 3. The van der Waals surface area contributed by atoms with Gasteiger partial charge in [-0.05, 0) is 25.0 Å². The molecule has 1 aliphatic rings. The van der Waals surface area contributed by atoms with Crippen molar-refractivity contribution in [3.05, 3.63) is 24.0 Å². The minimum absolute atomic E-state index is 0.0199. The van der Waals surface area contributed by atoms with Crippen molar-refractivity contribution in [1.29, 1.82) is 0 Å². The van der Waals surface area contributed by atoms with Crippen molar-refractivity contribution < 1.29 is 9.13 Å². The molecule has 0 bridgehead atoms. The number of hydrogen-bond donors (Lipinski definition) is 2. The van der Waals surface area contributed by atoms with Crippen molar-refractivity contribution in [1.82, 2.24) is 0 Å². The average Bonchev–Trinajstić information content (AvgIpc) is 2.39. The molecule has 0 aliphatic heterocycles. The molecule has 0 atom stereocenters. The highest BCUT2D eigenvalue weighted by Crippen LogP contribution is 2.36. The summed E-state index contributed by atoms with van der Waals surface area (Å²) in [5.74, 6) is -0.138. The molecule has 0 amide bonds. The van der Waals surface area contributed by atoms with Crippen LogP contribution in [-0.4, -0.2) is 13.2 Å². The highest BCUT2D eigenvalue weighted by molar-refractivity contribution is 5.42. The van der Waals surface area contributed by atoms with E-state index in [1.165, 1.54) is 25.3 Å². The summed E-state index contributed by atoms with van der Waals surface area (Å²) >= 11 is 0. The zero-order valence-electron chi connectivity index (χ0n) is 10.6. The number of rotatable bonds is 4. The number of anilines is 1. The summed E-state index contributed by atoms with van der Waals surface area (Å²) in [4.78, 5) is 0. The Morgan fingerprint density at radius 3 is 2.56 bits per heavy atom. The van der Waals surface area contributed by atoms with Crippen molar-refractivity contribution in [2.24, 2.45) is 11.1 Å². The van der Waals surface area contributed by atoms with Gasteiger partial charge >= 0.3 is 0 Å². The highest BCUT2D eigenvalue weighted by Gasteiger charge is 2.31. The molecule has 0 unspecified atom stereocenters. The first-order valence-electron chi connectivity index (χ1n) is 6.53. The molecule has 1 saturated carbocycles. The first-order valence-corrected chi connectivity index (χ1v) is 6.53. The maximum atomic E-state index is 13.6. The molecule has 2 rings (SSSR count). The van der Waals surface area contributed by atoms with Crippen molar-refractivity contribution in [2.45, 2.75) is 32.1 Å². The summed E-state index contributed by atoms with van der Waals surface area (Å²) in [5, 5.41) is 0. The van der Waals surface area contributed by atoms with Gasteiger partial charge in [0.2, 0.25) is 0 Å². The average molecular weight is 252 g/mol. The van der Waals surface area contributed by atoms with Gasteiger partial charge < -0.3 is 16.2 Å². The van der Waals surface area contributed by atoms with E-state index in [-0.39, 0.29) is 11.2 Å². The lowest BCUT2D eigenvalue weighted by Crippen LogP contribution is -2.38. The molecule has 3 nitrogen and oxygen atoms in total. The van der Waals surface area contributed by atoms with Gasteiger partial charge in [-0.25, -0.2) is 4.39 Å². The number of nitrogens with two attached hydrogens (primary N) is 2. The maximum Gasteiger partial charge on any atom is 0.167 e. The second kappa shape index (κ2) is 5.57. The molecule has 1 aliphatic carbocycles. The Morgan fingerprint density at radius 2 is 1.94 bits per heavy atom. The Balaban J connectivity index is 2.01. The smallest absolute Gasteiger partial charge is 0.167 e. The zero-order valence-corrected chi connectivity index (χ0v) is 10.6. The summed E-state index contributed by atoms with van der Waals surface area (Å²) in [5.41, 5.74) is 11.8. The van der Waals surface area contributed by atoms with Crippen LogP contribution in [0.4, 0.5) is 10.1 Å². The molecule has 0 spiro atoms. The molecule has 1 aromatic carbocycles. The van der Waals surface area contributed by atoms with Crippen LogP contribution in [0.3, 0.4) is 0 Å². The number of ether oxygens (including phenoxy) is 1. The van der Waals surface area contributed by atoms with Crippen LogP contribution in [0.25, 0.3) is 0 Å². The van der Waals surface area contributed by atoms with E-state index in [9.17, 15) is 4.39 Å². The van der Waals surface area contributed by atoms with Gasteiger partial charge in [-0.15, -0.1) is 0 Å². The van der Waals surface area contributed by atoms with Gasteiger partial charge in [0.25, 0.3) is 0 Å². The fourth-order valence-electron chi connectivity index (χ4n) is 2.57. The second-order valence-corrected chi connectivity index (χ2v) is 5.24. The van der Waals surface area contributed by atoms with Crippen LogP contribution in [-0.2, 0) is 0 Å². The summed E-state index contributed by atoms with van der Waals surface area (Å²) in [6.07, 6.45) is 5.77. The van der Waals surface area contributed by atoms with Gasteiger partial charge in [-0.3, -0.25) is 0 Å². The van der Waals surface area contributed by atoms with Gasteiger partial charge in [0, 0.05) is 23.7 Å². The van der Waals surface area contributed by atoms with Crippen molar-refractivity contribution in [2.75, 3.05) is 18.9 Å². The van der Waals surface area contributed by atoms with Gasteiger partial charge in [0.1, 0.15) is 0 Å². The van der Waals surface area contributed by atoms with Gasteiger partial charge in [0.05, 0.1) is 6.61 Å². The van der Waals surface area contributed by atoms with Crippen LogP contribution in [0.15, 0.2) is 18.2 Å². The summed E-state index contributed by atoms with van der Waals surface area (Å²) in [7, 11) is 0. The Kier molecular flexibility index (Phi) is 4.07. The molecular weight excluding hydrogens is 231 g/mol. The lowest BCUT2D eigenvalue weighted by Gasteiger charge is -2.35. The van der Waals surface area contributed by atoms with Gasteiger partial charge in [-0.1, -0.05) is 19.3 Å². The van der Waals surface area contributed by atoms with Crippen LogP contribution in [0.5, 0.6) is 5.75 Å². The molecule has 4 heteroatoms. The molecule has 0 aromatic heterocycles. The van der Waals surface area contributed by atoms with E-state index in [4.69, 9.17) is 16.2 Å². The predicted molar refractivity (Wildman–Crippen MR) is 70.9 cm³/mol. The minimum Gasteiger partial charge on any atom is -0.490 e. The van der Waals surface area contributed by atoms with Crippen LogP contribution < -0.4 is 16.2 Å². The van der Waals surface area contributed by atoms with Crippen LogP contribution >= 0.6 is 0 Å². The first-order chi connectivity index (χ1) is 8.65. The Hall–Kier alpha value is -1.29. The van der Waals surface area contributed by atoms with E-state index in [1.807, 2.05) is 0 Å². The largest absolute Gasteiger partial charge is 0.490 e. The summed E-state index contributed by atoms with van der Waals surface area (Å²) in [6.45, 7) is 1.09. The van der Waals surface area contributed by atoms with Crippen molar-refractivity contribution in [3.8, 4) is 5.75 Å². The van der Waals surface area contributed by atoms with E-state index < -0.39 is 5.82 Å². The summed E-state index contributed by atoms with van der Waals surface area (Å²) < 4.78 is 19.2. The Labute approximate surface area is 107 Å². The Bertz CT molecular complexity index is 403. The van der Waals surface area contributed by atoms with Crippen LogP contribution in [0, 0.1) is 11.2 Å². The molecule has 0 radical (unpaired) electrons. The quantitative estimate of drug-likeness (QED) is 0.810. The highest BCUT2D eigenvalue weighted by atomic mass is 19.1.